The number of nitrogens with zero attached hydrogens (tertiary/aromatic N) is 4. The van der Waals surface area contributed by atoms with Crippen molar-refractivity contribution in [3.05, 3.63) is 32.2 Å². The zero-order chi connectivity index (χ0) is 15.3. The van der Waals surface area contributed by atoms with Gasteiger partial charge in [0.1, 0.15) is 0 Å². The van der Waals surface area contributed by atoms with Crippen LogP contribution in [0.15, 0.2) is 9.59 Å². The van der Waals surface area contributed by atoms with Crippen LogP contribution in [0.3, 0.4) is 0 Å². The van der Waals surface area contributed by atoms with Gasteiger partial charge < -0.3 is 9.30 Å². The molecule has 3 aromatic heterocycles. The van der Waals surface area contributed by atoms with Crippen molar-refractivity contribution in [3.63, 3.8) is 0 Å². The summed E-state index contributed by atoms with van der Waals surface area (Å²) >= 11 is 0. The standard InChI is InChI=1S/C13H17N5O3/c1-7-8(2)18-9-10(16(3)13(20)15-11(9)19)14-12(18)17(7)5-6-21-4/h5-6H2,1-4H3,(H,15,19,20). The number of aromatic nitrogens is 5. The molecule has 0 unspecified atom stereocenters. The number of nitrogens with one attached hydrogen (secondary N) is 1. The van der Waals surface area contributed by atoms with Gasteiger partial charge in [0.2, 0.25) is 5.78 Å². The Bertz CT molecular complexity index is 956. The highest BCUT2D eigenvalue weighted by Crippen LogP contribution is 2.20. The van der Waals surface area contributed by atoms with E-state index in [9.17, 15) is 9.59 Å². The molecule has 0 radical (unpaired) electrons. The van der Waals surface area contributed by atoms with Gasteiger partial charge >= 0.3 is 5.69 Å². The number of hydrogen-bond donors (Lipinski definition) is 1. The first-order chi connectivity index (χ1) is 9.97. The van der Waals surface area contributed by atoms with Crippen molar-refractivity contribution < 1.29 is 4.74 Å². The monoisotopic (exact) mass is 291 g/mol. The molecule has 3 aromatic rings. The maximum Gasteiger partial charge on any atom is 0.329 e. The number of imidazole rings is 2. The lowest BCUT2D eigenvalue weighted by molar-refractivity contribution is 0.187. The molecule has 3 rings (SSSR count). The van der Waals surface area contributed by atoms with E-state index in [2.05, 4.69) is 9.97 Å². The van der Waals surface area contributed by atoms with Crippen LogP contribution < -0.4 is 11.2 Å². The highest BCUT2D eigenvalue weighted by atomic mass is 16.5. The Morgan fingerprint density at radius 2 is 1.95 bits per heavy atom. The van der Waals surface area contributed by atoms with Crippen LogP contribution in [0.25, 0.3) is 16.9 Å². The Morgan fingerprint density at radius 1 is 1.24 bits per heavy atom. The van der Waals surface area contributed by atoms with E-state index in [-0.39, 0.29) is 0 Å². The molecule has 0 fully saturated rings. The van der Waals surface area contributed by atoms with Gasteiger partial charge in [-0.1, -0.05) is 0 Å². The van der Waals surface area contributed by atoms with Crippen molar-refractivity contribution in [1.82, 2.24) is 23.5 Å². The van der Waals surface area contributed by atoms with Gasteiger partial charge in [0, 0.05) is 32.1 Å². The molecule has 0 amide bonds. The molecule has 8 heteroatoms. The van der Waals surface area contributed by atoms with Crippen molar-refractivity contribution in [2.45, 2.75) is 20.4 Å². The number of rotatable bonds is 3. The molecule has 1 N–H and O–H groups in total. The third kappa shape index (κ3) is 1.75. The normalized spacial score (nSPS) is 11.8. The lowest BCUT2D eigenvalue weighted by Gasteiger charge is -2.04. The number of hydrogen-bond acceptors (Lipinski definition) is 4. The molecular formula is C13H17N5O3. The van der Waals surface area contributed by atoms with E-state index >= 15 is 0 Å². The van der Waals surface area contributed by atoms with Gasteiger partial charge in [-0.25, -0.2) is 4.79 Å². The van der Waals surface area contributed by atoms with E-state index in [1.165, 1.54) is 4.57 Å². The van der Waals surface area contributed by atoms with Crippen LogP contribution in [-0.4, -0.2) is 37.2 Å². The van der Waals surface area contributed by atoms with Crippen LogP contribution >= 0.6 is 0 Å². The Morgan fingerprint density at radius 3 is 2.62 bits per heavy atom. The molecule has 0 spiro atoms. The maximum atomic E-state index is 12.2. The molecule has 0 aliphatic heterocycles. The van der Waals surface area contributed by atoms with Crippen molar-refractivity contribution >= 4 is 16.9 Å². The third-order valence-electron chi connectivity index (χ3n) is 3.92. The molecular weight excluding hydrogens is 274 g/mol. The molecule has 0 saturated heterocycles. The van der Waals surface area contributed by atoms with Gasteiger partial charge in [-0.3, -0.25) is 18.7 Å². The molecule has 8 nitrogen and oxygen atoms in total. The molecule has 0 aliphatic carbocycles. The van der Waals surface area contributed by atoms with Crippen LogP contribution in [0, 0.1) is 13.8 Å². The van der Waals surface area contributed by atoms with Gasteiger partial charge in [-0.2, -0.15) is 4.98 Å². The molecule has 3 heterocycles. The molecule has 0 aromatic carbocycles. The average molecular weight is 291 g/mol. The molecule has 112 valence electrons. The second-order valence-electron chi connectivity index (χ2n) is 5.05. The minimum atomic E-state index is -0.467. The predicted molar refractivity (Wildman–Crippen MR) is 77.9 cm³/mol. The van der Waals surface area contributed by atoms with E-state index in [0.717, 1.165) is 11.4 Å². The molecule has 0 aliphatic rings. The van der Waals surface area contributed by atoms with Gasteiger partial charge in [-0.05, 0) is 13.8 Å². The smallest absolute Gasteiger partial charge is 0.329 e. The summed E-state index contributed by atoms with van der Waals surface area (Å²) < 4.78 is 10.2. The zero-order valence-electron chi connectivity index (χ0n) is 12.4. The first-order valence-electron chi connectivity index (χ1n) is 6.63. The highest BCUT2D eigenvalue weighted by molar-refractivity contribution is 5.76. The first-order valence-corrected chi connectivity index (χ1v) is 6.63. The van der Waals surface area contributed by atoms with E-state index in [0.29, 0.717) is 30.1 Å². The molecule has 0 atom stereocenters. The van der Waals surface area contributed by atoms with Gasteiger partial charge in [0.15, 0.2) is 11.2 Å². The number of ether oxygens (including phenoxy) is 1. The minimum absolute atomic E-state index is 0.382. The van der Waals surface area contributed by atoms with E-state index in [1.807, 2.05) is 18.4 Å². The lowest BCUT2D eigenvalue weighted by atomic mass is 10.3. The number of methoxy groups -OCH3 is 1. The second kappa shape index (κ2) is 4.59. The van der Waals surface area contributed by atoms with E-state index < -0.39 is 11.2 Å². The second-order valence-corrected chi connectivity index (χ2v) is 5.05. The summed E-state index contributed by atoms with van der Waals surface area (Å²) in [7, 11) is 3.23. The zero-order valence-corrected chi connectivity index (χ0v) is 12.4. The summed E-state index contributed by atoms with van der Waals surface area (Å²) in [4.78, 5) is 30.6. The largest absolute Gasteiger partial charge is 0.383 e. The Kier molecular flexibility index (Phi) is 2.98. The van der Waals surface area contributed by atoms with E-state index in [4.69, 9.17) is 4.74 Å². The Balaban J connectivity index is 2.49. The summed E-state index contributed by atoms with van der Waals surface area (Å²) in [5.74, 6) is 0.642. The molecule has 21 heavy (non-hydrogen) atoms. The number of fused-ring (bicyclic) bond motifs is 3. The van der Waals surface area contributed by atoms with E-state index in [1.54, 1.807) is 18.6 Å². The third-order valence-corrected chi connectivity index (χ3v) is 3.92. The van der Waals surface area contributed by atoms with Crippen molar-refractivity contribution in [2.24, 2.45) is 7.05 Å². The fourth-order valence-electron chi connectivity index (χ4n) is 2.63. The Labute approximate surface area is 119 Å². The summed E-state index contributed by atoms with van der Waals surface area (Å²) in [6.07, 6.45) is 0. The van der Waals surface area contributed by atoms with Gasteiger partial charge in [0.25, 0.3) is 5.56 Å². The van der Waals surface area contributed by atoms with Crippen molar-refractivity contribution in [2.75, 3.05) is 13.7 Å². The van der Waals surface area contributed by atoms with Crippen LogP contribution in [0.1, 0.15) is 11.4 Å². The van der Waals surface area contributed by atoms with Crippen molar-refractivity contribution in [1.29, 1.82) is 0 Å². The predicted octanol–water partition coefficient (Wildman–Crippen LogP) is -0.0608. The van der Waals surface area contributed by atoms with Crippen LogP contribution in [0.5, 0.6) is 0 Å². The lowest BCUT2D eigenvalue weighted by Crippen LogP contribution is -2.28. The fraction of sp³-hybridized carbons (Fsp3) is 0.462. The fourth-order valence-corrected chi connectivity index (χ4v) is 2.63. The van der Waals surface area contributed by atoms with Crippen molar-refractivity contribution in [3.8, 4) is 0 Å². The molecule has 0 saturated carbocycles. The first kappa shape index (κ1) is 13.6. The molecule has 0 bridgehead atoms. The quantitative estimate of drug-likeness (QED) is 0.732. The Hall–Kier alpha value is -2.35. The summed E-state index contributed by atoms with van der Waals surface area (Å²) in [6.45, 7) is 5.08. The summed E-state index contributed by atoms with van der Waals surface area (Å²) in [5.41, 5.74) is 1.83. The van der Waals surface area contributed by atoms with Crippen LogP contribution in [0.2, 0.25) is 0 Å². The number of H-pyrrole nitrogens is 1. The number of aromatic amines is 1. The van der Waals surface area contributed by atoms with Gasteiger partial charge in [-0.15, -0.1) is 0 Å². The minimum Gasteiger partial charge on any atom is -0.383 e. The topological polar surface area (TPSA) is 86.3 Å². The summed E-state index contributed by atoms with van der Waals surface area (Å²) in [5, 5.41) is 0. The van der Waals surface area contributed by atoms with Crippen LogP contribution in [0.4, 0.5) is 0 Å². The maximum absolute atomic E-state index is 12.2. The average Bonchev–Trinajstić information content (AvgIpc) is 2.93. The summed E-state index contributed by atoms with van der Waals surface area (Å²) in [6, 6.07) is 0. The van der Waals surface area contributed by atoms with Crippen LogP contribution in [-0.2, 0) is 18.3 Å². The highest BCUT2D eigenvalue weighted by Gasteiger charge is 2.19. The SMILES string of the molecule is COCCn1c(C)c(C)n2c3c(=O)[nH]c(=O)n(C)c3nc12. The van der Waals surface area contributed by atoms with Gasteiger partial charge in [0.05, 0.1) is 6.61 Å². The number of aryl methyl sites for hydroxylation is 2.